The van der Waals surface area contributed by atoms with Gasteiger partial charge in [-0.05, 0) is 0 Å². The molecular weight excluding hydrogens is 330 g/mol. The van der Waals surface area contributed by atoms with Crippen LogP contribution >= 0.6 is 0 Å². The number of carbonyl (C=O) groups excluding carboxylic acids is 1. The quantitative estimate of drug-likeness (QED) is 0.680. The Morgan fingerprint density at radius 2 is 1.05 bits per heavy atom. The van der Waals surface area contributed by atoms with Gasteiger partial charge in [0.25, 0.3) is 0 Å². The summed E-state index contributed by atoms with van der Waals surface area (Å²) in [6, 6.07) is 29.3. The number of hydrogen-bond donors (Lipinski definition) is 0. The number of hydrogen-bond acceptors (Lipinski definition) is 2. The van der Waals surface area contributed by atoms with Crippen LogP contribution in [0.1, 0.15) is 10.4 Å². The van der Waals surface area contributed by atoms with Gasteiger partial charge in [0.15, 0.2) is 0 Å². The summed E-state index contributed by atoms with van der Waals surface area (Å²) in [5, 5.41) is 0. The molecule has 0 spiro atoms. The Morgan fingerprint density at radius 1 is 0.636 bits per heavy atom. The van der Waals surface area contributed by atoms with Crippen LogP contribution in [0.5, 0.6) is 0 Å². The van der Waals surface area contributed by atoms with Crippen molar-refractivity contribution in [2.24, 2.45) is 0 Å². The molecule has 0 saturated heterocycles. The third-order valence-electron chi connectivity index (χ3n) is 3.44. The molecule has 0 aliphatic heterocycles. The Hall–Kier alpha value is -2.23. The number of carbonyl (C=O) groups is 1. The van der Waals surface area contributed by atoms with Crippen molar-refractivity contribution in [3.05, 3.63) is 96.6 Å². The summed E-state index contributed by atoms with van der Waals surface area (Å²) >= 11 is -2.59. The molecule has 22 heavy (non-hydrogen) atoms. The Labute approximate surface area is 135 Å². The Kier molecular flexibility index (Phi) is 4.78. The SMILES string of the molecule is O=C([O][Ga]([c]1ccccc1)[c]1ccccc1)c1ccccc1. The minimum absolute atomic E-state index is 0.238. The second kappa shape index (κ2) is 7.16. The van der Waals surface area contributed by atoms with E-state index in [1.165, 1.54) is 0 Å². The Bertz CT molecular complexity index is 688. The summed E-state index contributed by atoms with van der Waals surface area (Å²) in [6.45, 7) is 0. The topological polar surface area (TPSA) is 26.3 Å². The molecule has 0 atom stereocenters. The molecule has 0 bridgehead atoms. The van der Waals surface area contributed by atoms with Gasteiger partial charge in [-0.1, -0.05) is 0 Å². The first-order valence-electron chi connectivity index (χ1n) is 7.20. The first-order valence-corrected chi connectivity index (χ1v) is 10.6. The predicted molar refractivity (Wildman–Crippen MR) is 89.8 cm³/mol. The molecule has 0 radical (unpaired) electrons. The van der Waals surface area contributed by atoms with E-state index >= 15 is 0 Å². The molecule has 0 aliphatic carbocycles. The Balaban J connectivity index is 1.91. The van der Waals surface area contributed by atoms with Crippen molar-refractivity contribution in [2.75, 3.05) is 0 Å². The van der Waals surface area contributed by atoms with Gasteiger partial charge in [-0.3, -0.25) is 0 Å². The molecule has 3 rings (SSSR count). The summed E-state index contributed by atoms with van der Waals surface area (Å²) in [4.78, 5) is 12.4. The second-order valence-electron chi connectivity index (χ2n) is 4.97. The van der Waals surface area contributed by atoms with Crippen molar-refractivity contribution in [3.8, 4) is 0 Å². The maximum atomic E-state index is 12.4. The van der Waals surface area contributed by atoms with Crippen LogP contribution in [0.25, 0.3) is 0 Å². The minimum atomic E-state index is -2.59. The van der Waals surface area contributed by atoms with Crippen LogP contribution in [0, 0.1) is 0 Å². The Morgan fingerprint density at radius 3 is 1.50 bits per heavy atom. The van der Waals surface area contributed by atoms with Gasteiger partial charge in [0.05, 0.1) is 0 Å². The van der Waals surface area contributed by atoms with Crippen LogP contribution in [-0.2, 0) is 3.53 Å². The molecule has 0 N–H and O–H groups in total. The summed E-state index contributed by atoms with van der Waals surface area (Å²) in [5.74, 6) is -0.238. The zero-order chi connectivity index (χ0) is 15.2. The fraction of sp³-hybridized carbons (Fsp3) is 0. The summed E-state index contributed by atoms with van der Waals surface area (Å²) in [7, 11) is 0. The van der Waals surface area contributed by atoms with E-state index < -0.39 is 16.6 Å². The van der Waals surface area contributed by atoms with Crippen LogP contribution in [0.3, 0.4) is 0 Å². The number of benzene rings is 3. The van der Waals surface area contributed by atoms with Crippen LogP contribution in [0.4, 0.5) is 0 Å². The van der Waals surface area contributed by atoms with E-state index in [-0.39, 0.29) is 5.97 Å². The van der Waals surface area contributed by atoms with Crippen molar-refractivity contribution in [1.82, 2.24) is 0 Å². The predicted octanol–water partition coefficient (Wildman–Crippen LogP) is 2.65. The van der Waals surface area contributed by atoms with Gasteiger partial charge in [-0.25, -0.2) is 0 Å². The van der Waals surface area contributed by atoms with Crippen molar-refractivity contribution < 1.29 is 8.32 Å². The average Bonchev–Trinajstić information content (AvgIpc) is 2.62. The molecule has 0 amide bonds. The first kappa shape index (κ1) is 14.7. The molecule has 0 heterocycles. The molecule has 0 aliphatic rings. The zero-order valence-corrected chi connectivity index (χ0v) is 14.5. The van der Waals surface area contributed by atoms with E-state index in [9.17, 15) is 4.79 Å². The van der Waals surface area contributed by atoms with E-state index in [1.807, 2.05) is 54.6 Å². The number of rotatable bonds is 4. The maximum absolute atomic E-state index is 12.4. The summed E-state index contributed by atoms with van der Waals surface area (Å²) in [5.41, 5.74) is 0.602. The van der Waals surface area contributed by atoms with Crippen molar-refractivity contribution in [1.29, 1.82) is 0 Å². The van der Waals surface area contributed by atoms with Crippen LogP contribution in [-0.4, -0.2) is 22.6 Å². The van der Waals surface area contributed by atoms with Crippen LogP contribution < -0.4 is 8.24 Å². The molecule has 3 aromatic rings. The van der Waals surface area contributed by atoms with Gasteiger partial charge in [0.2, 0.25) is 0 Å². The molecule has 2 nitrogen and oxygen atoms in total. The van der Waals surface area contributed by atoms with Crippen LogP contribution in [0.2, 0.25) is 0 Å². The van der Waals surface area contributed by atoms with Gasteiger partial charge in [-0.2, -0.15) is 0 Å². The molecule has 3 aromatic carbocycles. The first-order chi connectivity index (χ1) is 10.8. The second-order valence-corrected chi connectivity index (χ2v) is 9.86. The van der Waals surface area contributed by atoms with E-state index in [0.717, 1.165) is 8.24 Å². The summed E-state index contributed by atoms with van der Waals surface area (Å²) < 4.78 is 8.25. The molecule has 0 unspecified atom stereocenters. The fourth-order valence-corrected chi connectivity index (χ4v) is 6.85. The molecule has 106 valence electrons. The molecule has 3 heteroatoms. The molecule has 0 saturated carbocycles. The van der Waals surface area contributed by atoms with Crippen molar-refractivity contribution in [3.63, 3.8) is 0 Å². The third-order valence-corrected chi connectivity index (χ3v) is 8.54. The van der Waals surface area contributed by atoms with Crippen LogP contribution in [0.15, 0.2) is 91.0 Å². The van der Waals surface area contributed by atoms with E-state index in [4.69, 9.17) is 3.53 Å². The normalized spacial score (nSPS) is 10.0. The van der Waals surface area contributed by atoms with E-state index in [1.54, 1.807) is 12.1 Å². The van der Waals surface area contributed by atoms with E-state index in [2.05, 4.69) is 24.3 Å². The molecule has 0 fully saturated rings. The van der Waals surface area contributed by atoms with E-state index in [0.29, 0.717) is 5.56 Å². The van der Waals surface area contributed by atoms with Gasteiger partial charge in [-0.15, -0.1) is 0 Å². The standard InChI is InChI=1S/C7H6O2.2C6H5.Ga/c8-7(9)6-4-2-1-3-5-6;2*1-2-4-6-5-3-1;/h1-5H,(H,8,9);2*1-5H;/q;;;+1/p-1. The molecular formula is C19H15GaO2. The molecule has 0 aromatic heterocycles. The van der Waals surface area contributed by atoms with Gasteiger partial charge in [0, 0.05) is 0 Å². The third kappa shape index (κ3) is 3.50. The van der Waals surface area contributed by atoms with Crippen molar-refractivity contribution >= 4 is 30.8 Å². The zero-order valence-electron chi connectivity index (χ0n) is 12.1. The van der Waals surface area contributed by atoms with Crippen molar-refractivity contribution in [2.45, 2.75) is 0 Å². The fourth-order valence-electron chi connectivity index (χ4n) is 2.33. The average molecular weight is 345 g/mol. The van der Waals surface area contributed by atoms with Gasteiger partial charge < -0.3 is 0 Å². The van der Waals surface area contributed by atoms with Gasteiger partial charge in [0.1, 0.15) is 0 Å². The summed E-state index contributed by atoms with van der Waals surface area (Å²) in [6.07, 6.45) is 0. The monoisotopic (exact) mass is 344 g/mol. The van der Waals surface area contributed by atoms with Gasteiger partial charge >= 0.3 is 136 Å².